The molecule has 1 spiro atoms. The van der Waals surface area contributed by atoms with Gasteiger partial charge in [-0.25, -0.2) is 9.78 Å². The number of aromatic hydroxyl groups is 1. The number of carbonyl (C=O) groups excluding carboxylic acids is 3. The lowest BCUT2D eigenvalue weighted by Crippen LogP contribution is -2.70. The molecular formula is C33H48N2O9. The van der Waals surface area contributed by atoms with Crippen LogP contribution in [-0.4, -0.2) is 59.4 Å². The van der Waals surface area contributed by atoms with E-state index >= 15 is 0 Å². The monoisotopic (exact) mass is 616 g/mol. The maximum Gasteiger partial charge on any atom is 0.308 e. The van der Waals surface area contributed by atoms with E-state index in [0.717, 1.165) is 24.8 Å². The summed E-state index contributed by atoms with van der Waals surface area (Å²) >= 11 is 0. The van der Waals surface area contributed by atoms with E-state index in [1.165, 1.54) is 0 Å². The minimum Gasteiger partial charge on any atom is -0.508 e. The first-order chi connectivity index (χ1) is 20.9. The molecule has 1 aromatic rings. The van der Waals surface area contributed by atoms with Gasteiger partial charge in [-0.3, -0.25) is 14.4 Å². The van der Waals surface area contributed by atoms with E-state index in [4.69, 9.17) is 24.0 Å². The Bertz CT molecular complexity index is 1190. The molecule has 9 atom stereocenters. The van der Waals surface area contributed by atoms with Crippen LogP contribution in [0.25, 0.3) is 0 Å². The number of benzene rings is 1. The summed E-state index contributed by atoms with van der Waals surface area (Å²) in [6, 6.07) is 6.09. The van der Waals surface area contributed by atoms with Crippen LogP contribution in [-0.2, 0) is 44.8 Å². The van der Waals surface area contributed by atoms with Crippen LogP contribution in [0.1, 0.15) is 85.1 Å². The normalized spacial score (nSPS) is 34.9. The summed E-state index contributed by atoms with van der Waals surface area (Å²) in [5, 5.41) is 15.1. The first kappa shape index (κ1) is 32.7. The highest BCUT2D eigenvalue weighted by Gasteiger charge is 2.69. The van der Waals surface area contributed by atoms with Crippen LogP contribution in [0.15, 0.2) is 24.3 Å². The van der Waals surface area contributed by atoms with Gasteiger partial charge >= 0.3 is 5.97 Å². The summed E-state index contributed by atoms with van der Waals surface area (Å²) in [5.74, 6) is -1.28. The lowest BCUT2D eigenvalue weighted by Gasteiger charge is -2.59. The van der Waals surface area contributed by atoms with Crippen molar-refractivity contribution in [2.24, 2.45) is 29.6 Å². The molecule has 3 N–H and O–H groups in total. The third-order valence-electron chi connectivity index (χ3n) is 9.91. The first-order valence-corrected chi connectivity index (χ1v) is 16.1. The van der Waals surface area contributed by atoms with Crippen LogP contribution >= 0.6 is 0 Å². The number of hydrogen-bond donors (Lipinski definition) is 3. The highest BCUT2D eigenvalue weighted by Crippen LogP contribution is 2.60. The van der Waals surface area contributed by atoms with Crippen LogP contribution in [0, 0.1) is 29.6 Å². The molecule has 5 aliphatic rings. The number of carbonyl (C=O) groups is 3. The Morgan fingerprint density at radius 1 is 1.05 bits per heavy atom. The fourth-order valence-corrected chi connectivity index (χ4v) is 7.50. The van der Waals surface area contributed by atoms with E-state index in [9.17, 15) is 19.5 Å². The second kappa shape index (κ2) is 13.3. The maximum atomic E-state index is 13.0. The zero-order valence-electron chi connectivity index (χ0n) is 26.5. The van der Waals surface area contributed by atoms with Crippen LogP contribution in [0.4, 0.5) is 0 Å². The second-order valence-corrected chi connectivity index (χ2v) is 13.7. The minimum atomic E-state index is -0.922. The lowest BCUT2D eigenvalue weighted by molar-refractivity contribution is -0.576. The number of nitrogens with one attached hydrogen (secondary N) is 2. The molecule has 4 saturated heterocycles. The third kappa shape index (κ3) is 6.90. The maximum absolute atomic E-state index is 13.0. The van der Waals surface area contributed by atoms with Crippen molar-refractivity contribution in [2.45, 2.75) is 116 Å². The minimum absolute atomic E-state index is 0.0237. The Hall–Kier alpha value is -2.73. The van der Waals surface area contributed by atoms with E-state index in [2.05, 4.69) is 17.6 Å². The molecule has 11 heteroatoms. The topological polar surface area (TPSA) is 142 Å². The number of phenols is 1. The first-order valence-electron chi connectivity index (χ1n) is 16.1. The highest BCUT2D eigenvalue weighted by molar-refractivity contribution is 5.88. The second-order valence-electron chi connectivity index (χ2n) is 13.7. The van der Waals surface area contributed by atoms with Gasteiger partial charge in [-0.15, -0.1) is 0 Å². The summed E-state index contributed by atoms with van der Waals surface area (Å²) in [4.78, 5) is 50.7. The molecular weight excluding hydrogens is 568 g/mol. The Morgan fingerprint density at radius 3 is 2.52 bits per heavy atom. The molecule has 1 saturated carbocycles. The molecule has 0 radical (unpaired) electrons. The van der Waals surface area contributed by atoms with Gasteiger partial charge in [0.1, 0.15) is 11.8 Å². The summed E-state index contributed by atoms with van der Waals surface area (Å²) < 4.78 is 18.4. The molecule has 0 aromatic heterocycles. The van der Waals surface area contributed by atoms with E-state index in [1.807, 2.05) is 27.7 Å². The van der Waals surface area contributed by atoms with Crippen molar-refractivity contribution in [3.05, 3.63) is 29.8 Å². The summed E-state index contributed by atoms with van der Waals surface area (Å²) in [6.45, 7) is 10.4. The Balaban J connectivity index is 1.13. The molecule has 4 heterocycles. The highest BCUT2D eigenvalue weighted by atomic mass is 17.3. The zero-order chi connectivity index (χ0) is 31.6. The average Bonchev–Trinajstić information content (AvgIpc) is 3.20. The van der Waals surface area contributed by atoms with Gasteiger partial charge in [-0.05, 0) is 74.5 Å². The lowest BCUT2D eigenvalue weighted by atomic mass is 9.58. The van der Waals surface area contributed by atoms with Crippen LogP contribution in [0.2, 0.25) is 0 Å². The summed E-state index contributed by atoms with van der Waals surface area (Å²) in [7, 11) is 0. The van der Waals surface area contributed by atoms with Crippen LogP contribution in [0.5, 0.6) is 5.75 Å². The molecule has 244 valence electrons. The fraction of sp³-hybridized carbons (Fsp3) is 0.727. The van der Waals surface area contributed by atoms with Crippen molar-refractivity contribution in [1.29, 1.82) is 0 Å². The van der Waals surface area contributed by atoms with Gasteiger partial charge in [0.05, 0.1) is 6.42 Å². The number of ether oxygens (including phenoxy) is 3. The van der Waals surface area contributed by atoms with Crippen LogP contribution in [0.3, 0.4) is 0 Å². The van der Waals surface area contributed by atoms with Gasteiger partial charge in [-0.2, -0.15) is 0 Å². The molecule has 2 amide bonds. The molecule has 4 aliphatic heterocycles. The number of esters is 1. The smallest absolute Gasteiger partial charge is 0.308 e. The number of phenolic OH excluding ortho intramolecular Hbond substituents is 1. The molecule has 1 aromatic carbocycles. The van der Waals surface area contributed by atoms with E-state index in [1.54, 1.807) is 24.3 Å². The van der Waals surface area contributed by atoms with Gasteiger partial charge in [0.15, 0.2) is 11.9 Å². The summed E-state index contributed by atoms with van der Waals surface area (Å²) in [5.41, 5.74) is 0.231. The SMILES string of the molecule is CC(C)CC(NC(=O)CCC(=O)OC1O[C@H]2OC3(C)CC[C@H]4[C@H](C)CCC(C1C)C24OO3)C(=O)NCCc1ccc(O)cc1. The predicted octanol–water partition coefficient (Wildman–Crippen LogP) is 4.11. The molecule has 11 nitrogen and oxygen atoms in total. The van der Waals surface area contributed by atoms with Crippen molar-refractivity contribution in [3.63, 3.8) is 0 Å². The van der Waals surface area contributed by atoms with Crippen molar-refractivity contribution in [2.75, 3.05) is 6.54 Å². The third-order valence-corrected chi connectivity index (χ3v) is 9.91. The van der Waals surface area contributed by atoms with Gasteiger partial charge in [0, 0.05) is 31.2 Å². The zero-order valence-corrected chi connectivity index (χ0v) is 26.5. The summed E-state index contributed by atoms with van der Waals surface area (Å²) in [6.07, 6.45) is 2.77. The number of amides is 2. The standard InChI is InChI=1S/C33H48N2O9/c1-19(2)18-26(29(39)34-17-15-22-7-9-23(36)10-8-22)35-27(37)12-13-28(38)40-30-21(4)25-11-6-20(3)24-14-16-32(5)42-31(41-30)33(24,25)44-43-32/h7-10,19-21,24-26,30-31,36H,6,11-18H2,1-5H3,(H,34,39)(H,35,37)/t20-,21?,24+,25?,26?,30?,31+,32?,33?/m1/s1. The molecule has 6 rings (SSSR count). The quantitative estimate of drug-likeness (QED) is 0.247. The molecule has 44 heavy (non-hydrogen) atoms. The van der Waals surface area contributed by atoms with Crippen molar-refractivity contribution in [1.82, 2.24) is 10.6 Å². The Labute approximate surface area is 259 Å². The van der Waals surface area contributed by atoms with Gasteiger partial charge in [0.2, 0.25) is 23.9 Å². The molecule has 5 fully saturated rings. The Kier molecular flexibility index (Phi) is 9.89. The van der Waals surface area contributed by atoms with Gasteiger partial charge in [-0.1, -0.05) is 39.8 Å². The molecule has 6 unspecified atom stereocenters. The van der Waals surface area contributed by atoms with E-state index in [-0.39, 0.29) is 48.2 Å². The number of hydrogen-bond acceptors (Lipinski definition) is 9. The van der Waals surface area contributed by atoms with Crippen molar-refractivity contribution in [3.8, 4) is 5.75 Å². The predicted molar refractivity (Wildman–Crippen MR) is 158 cm³/mol. The average molecular weight is 617 g/mol. The Morgan fingerprint density at radius 2 is 1.80 bits per heavy atom. The van der Waals surface area contributed by atoms with Crippen LogP contribution < -0.4 is 10.6 Å². The molecule has 2 bridgehead atoms. The van der Waals surface area contributed by atoms with Gasteiger partial charge in [0.25, 0.3) is 0 Å². The number of fused-ring (bicyclic) bond motifs is 2. The largest absolute Gasteiger partial charge is 0.508 e. The van der Waals surface area contributed by atoms with Crippen molar-refractivity contribution < 1.29 is 43.5 Å². The molecule has 1 aliphatic carbocycles. The fourth-order valence-electron chi connectivity index (χ4n) is 7.50. The van der Waals surface area contributed by atoms with Crippen molar-refractivity contribution >= 4 is 17.8 Å². The van der Waals surface area contributed by atoms with E-state index in [0.29, 0.717) is 31.7 Å². The van der Waals surface area contributed by atoms with Gasteiger partial charge < -0.3 is 30.0 Å². The number of rotatable bonds is 11. The van der Waals surface area contributed by atoms with E-state index < -0.39 is 41.9 Å².